The van der Waals surface area contributed by atoms with Crippen LogP contribution in [0.15, 0.2) is 60.7 Å². The Hall–Kier alpha value is -5.23. The summed E-state index contributed by atoms with van der Waals surface area (Å²) in [5.41, 5.74) is -0.442. The van der Waals surface area contributed by atoms with E-state index in [0.717, 1.165) is 24.5 Å². The number of aliphatic hydroxyl groups excluding tert-OH is 1. The van der Waals surface area contributed by atoms with Crippen LogP contribution in [-0.2, 0) is 14.8 Å². The quantitative estimate of drug-likeness (QED) is 0.192. The molecule has 39 heavy (non-hydrogen) atoms. The fraction of sp³-hybridized carbons (Fsp3) is 0.167. The predicted molar refractivity (Wildman–Crippen MR) is 133 cm³/mol. The number of benzene rings is 1. The molecule has 0 radical (unpaired) electrons. The summed E-state index contributed by atoms with van der Waals surface area (Å²) in [5.74, 6) is -2.14. The van der Waals surface area contributed by atoms with E-state index in [9.17, 15) is 28.4 Å². The van der Waals surface area contributed by atoms with Crippen LogP contribution in [0, 0.1) is 39.0 Å². The van der Waals surface area contributed by atoms with Crippen LogP contribution in [0.3, 0.4) is 0 Å². The van der Waals surface area contributed by atoms with Gasteiger partial charge in [-0.1, -0.05) is 15.5 Å². The lowest BCUT2D eigenvalue weighted by Gasteiger charge is -2.22. The van der Waals surface area contributed by atoms with E-state index in [1.807, 2.05) is 0 Å². The van der Waals surface area contributed by atoms with E-state index in [0.29, 0.717) is 4.31 Å². The number of aliphatic hydroxyl groups is 1. The number of sulfonamides is 1. The van der Waals surface area contributed by atoms with Gasteiger partial charge in [0.05, 0.1) is 22.9 Å². The number of nitrogens with zero attached hydrogens (tertiary/aromatic N) is 5. The van der Waals surface area contributed by atoms with Crippen molar-refractivity contribution >= 4 is 39.0 Å². The van der Waals surface area contributed by atoms with Crippen LogP contribution >= 0.6 is 0 Å². The number of aromatic nitrogens is 3. The monoisotopic (exact) mass is 552 g/mol. The van der Waals surface area contributed by atoms with E-state index in [2.05, 4.69) is 20.8 Å². The second kappa shape index (κ2) is 10.3. The van der Waals surface area contributed by atoms with Crippen molar-refractivity contribution in [1.29, 1.82) is 5.26 Å². The molecule has 0 bridgehead atoms. The molecule has 3 heterocycles. The van der Waals surface area contributed by atoms with Gasteiger partial charge in [0.25, 0.3) is 21.8 Å². The van der Waals surface area contributed by atoms with Crippen LogP contribution in [0.5, 0.6) is 0 Å². The van der Waals surface area contributed by atoms with Crippen LogP contribution in [0.2, 0.25) is 0 Å². The molecule has 4 rings (SSSR count). The average Bonchev–Trinajstić information content (AvgIpc) is 3.61. The number of aryl methyl sites for hydroxylation is 4. The minimum Gasteiger partial charge on any atom is -0.506 e. The summed E-state index contributed by atoms with van der Waals surface area (Å²) in [5, 5.41) is 33.0. The van der Waals surface area contributed by atoms with Gasteiger partial charge in [-0.15, -0.1) is 0 Å². The van der Waals surface area contributed by atoms with Crippen molar-refractivity contribution in [3.8, 4) is 6.07 Å². The lowest BCUT2D eigenvalue weighted by atomic mass is 10.1. The van der Waals surface area contributed by atoms with E-state index in [1.165, 1.54) is 39.8 Å². The van der Waals surface area contributed by atoms with Crippen LogP contribution in [-0.4, -0.2) is 40.8 Å². The summed E-state index contributed by atoms with van der Waals surface area (Å²) < 4.78 is 42.9. The lowest BCUT2D eigenvalue weighted by Crippen LogP contribution is -2.38. The summed E-state index contributed by atoms with van der Waals surface area (Å²) in [4.78, 5) is 25.8. The number of hydrogen-bond donors (Lipinski definition) is 2. The fourth-order valence-corrected chi connectivity index (χ4v) is 5.10. The van der Waals surface area contributed by atoms with E-state index in [-0.39, 0.29) is 50.4 Å². The Bertz CT molecular complexity index is 1740. The molecule has 1 aromatic carbocycles. The lowest BCUT2D eigenvalue weighted by molar-refractivity contribution is -0.112. The molecule has 0 atom stereocenters. The Balaban J connectivity index is 1.68. The molecule has 2 amide bonds. The van der Waals surface area contributed by atoms with Gasteiger partial charge in [0.15, 0.2) is 17.1 Å². The predicted octanol–water partition coefficient (Wildman–Crippen LogP) is 3.35. The Morgan fingerprint density at radius 3 is 2.03 bits per heavy atom. The van der Waals surface area contributed by atoms with Gasteiger partial charge in [0.2, 0.25) is 0 Å². The van der Waals surface area contributed by atoms with Crippen molar-refractivity contribution < 1.29 is 36.7 Å². The number of carbonyl (C=O) groups is 2. The molecule has 14 nitrogen and oxygen atoms in total. The van der Waals surface area contributed by atoms with E-state index < -0.39 is 33.2 Å². The van der Waals surface area contributed by atoms with Crippen LogP contribution in [0.25, 0.3) is 5.76 Å². The number of amides is 2. The molecule has 0 spiro atoms. The van der Waals surface area contributed by atoms with Crippen molar-refractivity contribution in [2.45, 2.75) is 32.6 Å². The Kier molecular flexibility index (Phi) is 7.06. The van der Waals surface area contributed by atoms with Gasteiger partial charge in [0.1, 0.15) is 34.5 Å². The minimum absolute atomic E-state index is 0.0651. The van der Waals surface area contributed by atoms with Crippen molar-refractivity contribution in [1.82, 2.24) is 15.5 Å². The Morgan fingerprint density at radius 1 is 0.949 bits per heavy atom. The summed E-state index contributed by atoms with van der Waals surface area (Å²) in [6.07, 6.45) is 2.26. The van der Waals surface area contributed by atoms with Crippen molar-refractivity contribution in [3.05, 3.63) is 76.3 Å². The minimum atomic E-state index is -4.54. The number of hydrogen-bond acceptors (Lipinski definition) is 12. The van der Waals surface area contributed by atoms with E-state index in [1.54, 1.807) is 6.07 Å². The highest BCUT2D eigenvalue weighted by atomic mass is 32.2. The zero-order chi connectivity index (χ0) is 28.5. The third kappa shape index (κ3) is 4.88. The fourth-order valence-electron chi connectivity index (χ4n) is 3.59. The normalized spacial score (nSPS) is 12.0. The maximum Gasteiger partial charge on any atom is 0.277 e. The van der Waals surface area contributed by atoms with E-state index >= 15 is 0 Å². The Morgan fingerprint density at radius 2 is 1.54 bits per heavy atom. The summed E-state index contributed by atoms with van der Waals surface area (Å²) in [6, 6.07) is 6.44. The second-order valence-electron chi connectivity index (χ2n) is 8.15. The van der Waals surface area contributed by atoms with Crippen molar-refractivity contribution in [2.75, 3.05) is 9.62 Å². The van der Waals surface area contributed by atoms with Crippen LogP contribution in [0.1, 0.15) is 38.9 Å². The highest BCUT2D eigenvalue weighted by Gasteiger charge is 2.37. The summed E-state index contributed by atoms with van der Waals surface area (Å²) in [7, 11) is -4.54. The second-order valence-corrected chi connectivity index (χ2v) is 9.94. The number of nitriles is 1. The highest BCUT2D eigenvalue weighted by Crippen LogP contribution is 2.32. The zero-order valence-corrected chi connectivity index (χ0v) is 21.7. The standard InChI is InChI=1S/C24H20N6O8S/c1-12-21(15(4)38-29-12)30(24(33)20-11-27-37-14(20)3)39(34,35)17-7-5-16(6-8-17)28-23(32)18(9-25)22(31)19-10-26-36-13(19)2/h5-8,10-11,31H,1-4H3,(H,28,32)/b22-18-. The first-order valence-corrected chi connectivity index (χ1v) is 12.5. The third-order valence-electron chi connectivity index (χ3n) is 5.60. The molecular weight excluding hydrogens is 532 g/mol. The number of carbonyl (C=O) groups excluding carboxylic acids is 2. The molecule has 0 aliphatic carbocycles. The summed E-state index contributed by atoms with van der Waals surface area (Å²) >= 11 is 0. The van der Waals surface area contributed by atoms with Gasteiger partial charge in [-0.3, -0.25) is 9.59 Å². The topological polar surface area (TPSA) is 206 Å². The largest absolute Gasteiger partial charge is 0.506 e. The zero-order valence-electron chi connectivity index (χ0n) is 20.9. The van der Waals surface area contributed by atoms with Crippen molar-refractivity contribution in [3.63, 3.8) is 0 Å². The maximum atomic E-state index is 13.7. The van der Waals surface area contributed by atoms with Gasteiger partial charge >= 0.3 is 0 Å². The SMILES string of the molecule is Cc1noc(C)c1N(C(=O)c1cnoc1C)S(=O)(=O)c1ccc(NC(=O)/C(C#N)=C(\O)c2cnoc2C)cc1. The molecule has 200 valence electrons. The summed E-state index contributed by atoms with van der Waals surface area (Å²) in [6.45, 7) is 5.90. The molecule has 3 aromatic heterocycles. The first-order valence-electron chi connectivity index (χ1n) is 11.1. The molecule has 0 saturated heterocycles. The van der Waals surface area contributed by atoms with Gasteiger partial charge < -0.3 is 24.0 Å². The number of anilines is 2. The van der Waals surface area contributed by atoms with Gasteiger partial charge in [-0.2, -0.15) is 9.57 Å². The average molecular weight is 553 g/mol. The molecule has 2 N–H and O–H groups in total. The van der Waals surface area contributed by atoms with Gasteiger partial charge in [0, 0.05) is 5.69 Å². The molecule has 0 aliphatic heterocycles. The molecule has 0 saturated carbocycles. The third-order valence-corrected chi connectivity index (χ3v) is 7.29. The maximum absolute atomic E-state index is 13.7. The van der Waals surface area contributed by atoms with Crippen molar-refractivity contribution in [2.24, 2.45) is 0 Å². The molecule has 0 aliphatic rings. The first-order chi connectivity index (χ1) is 18.5. The Labute approximate surface area is 221 Å². The molecule has 15 heteroatoms. The van der Waals surface area contributed by atoms with Crippen LogP contribution < -0.4 is 9.62 Å². The number of rotatable bonds is 7. The highest BCUT2D eigenvalue weighted by molar-refractivity contribution is 7.93. The molecule has 0 fully saturated rings. The number of nitrogens with one attached hydrogen (secondary N) is 1. The van der Waals surface area contributed by atoms with Gasteiger partial charge in [-0.05, 0) is 52.0 Å². The first kappa shape index (κ1) is 26.8. The molecular formula is C24H20N6O8S. The van der Waals surface area contributed by atoms with Crippen LogP contribution in [0.4, 0.5) is 11.4 Å². The van der Waals surface area contributed by atoms with E-state index in [4.69, 9.17) is 13.6 Å². The molecule has 0 unspecified atom stereocenters. The molecule has 4 aromatic rings. The van der Waals surface area contributed by atoms with Gasteiger partial charge in [-0.25, -0.2) is 8.42 Å². The smallest absolute Gasteiger partial charge is 0.277 e.